The van der Waals surface area contributed by atoms with Crippen LogP contribution in [-0.4, -0.2) is 35.1 Å². The lowest BCUT2D eigenvalue weighted by molar-refractivity contribution is -0.146. The van der Waals surface area contributed by atoms with Crippen molar-refractivity contribution in [2.24, 2.45) is 23.2 Å². The molecule has 1 saturated heterocycles. The Kier molecular flexibility index (Phi) is 4.78. The second kappa shape index (κ2) is 6.05. The lowest BCUT2D eigenvalue weighted by Crippen LogP contribution is -2.48. The molecule has 1 aliphatic carbocycles. The van der Waals surface area contributed by atoms with Crippen LogP contribution in [0.2, 0.25) is 0 Å². The second-order valence-corrected chi connectivity index (χ2v) is 7.95. The summed E-state index contributed by atoms with van der Waals surface area (Å²) in [6, 6.07) is 0.266. The van der Waals surface area contributed by atoms with Gasteiger partial charge in [-0.3, -0.25) is 9.69 Å². The molecule has 2 rings (SSSR count). The van der Waals surface area contributed by atoms with Gasteiger partial charge in [0.1, 0.15) is 0 Å². The predicted molar refractivity (Wildman–Crippen MR) is 81.7 cm³/mol. The van der Waals surface area contributed by atoms with Gasteiger partial charge in [0.25, 0.3) is 0 Å². The first kappa shape index (κ1) is 15.8. The van der Waals surface area contributed by atoms with E-state index in [1.807, 2.05) is 0 Å². The molecule has 116 valence electrons. The third-order valence-electron chi connectivity index (χ3n) is 5.72. The van der Waals surface area contributed by atoms with E-state index in [4.69, 9.17) is 0 Å². The van der Waals surface area contributed by atoms with Gasteiger partial charge in [0, 0.05) is 12.6 Å². The summed E-state index contributed by atoms with van der Waals surface area (Å²) in [6.07, 6.45) is 5.47. The highest BCUT2D eigenvalue weighted by molar-refractivity contribution is 5.71. The lowest BCUT2D eigenvalue weighted by atomic mass is 9.67. The summed E-state index contributed by atoms with van der Waals surface area (Å²) in [5, 5.41) is 9.55. The number of likely N-dealkylation sites (tertiary alicyclic amines) is 1. The van der Waals surface area contributed by atoms with Gasteiger partial charge in [0.2, 0.25) is 0 Å². The fourth-order valence-electron chi connectivity index (χ4n) is 4.12. The van der Waals surface area contributed by atoms with Crippen LogP contribution in [0.5, 0.6) is 0 Å². The average molecular weight is 281 g/mol. The topological polar surface area (TPSA) is 40.5 Å². The average Bonchev–Trinajstić information content (AvgIpc) is 2.85. The summed E-state index contributed by atoms with van der Waals surface area (Å²) in [5.74, 6) is 0.703. The normalized spacial score (nSPS) is 36.2. The molecule has 0 bridgehead atoms. The van der Waals surface area contributed by atoms with Crippen molar-refractivity contribution in [3.05, 3.63) is 0 Å². The molecular weight excluding hydrogens is 250 g/mol. The van der Waals surface area contributed by atoms with E-state index < -0.39 is 5.97 Å². The highest BCUT2D eigenvalue weighted by Gasteiger charge is 2.43. The third kappa shape index (κ3) is 3.36. The van der Waals surface area contributed by atoms with E-state index in [0.717, 1.165) is 38.3 Å². The Bertz CT molecular complexity index is 347. The van der Waals surface area contributed by atoms with Crippen LogP contribution in [0.15, 0.2) is 0 Å². The van der Waals surface area contributed by atoms with Crippen LogP contribution >= 0.6 is 0 Å². The first-order valence-corrected chi connectivity index (χ1v) is 8.29. The van der Waals surface area contributed by atoms with Crippen molar-refractivity contribution in [3.8, 4) is 0 Å². The zero-order chi connectivity index (χ0) is 14.9. The minimum Gasteiger partial charge on any atom is -0.481 e. The van der Waals surface area contributed by atoms with Crippen LogP contribution in [0.1, 0.15) is 59.8 Å². The van der Waals surface area contributed by atoms with Crippen LogP contribution in [0.4, 0.5) is 0 Å². The summed E-state index contributed by atoms with van der Waals surface area (Å²) < 4.78 is 0. The van der Waals surface area contributed by atoms with E-state index in [1.54, 1.807) is 0 Å². The first-order chi connectivity index (χ1) is 9.32. The van der Waals surface area contributed by atoms with Crippen LogP contribution in [0, 0.1) is 23.2 Å². The van der Waals surface area contributed by atoms with Gasteiger partial charge in [-0.2, -0.15) is 0 Å². The molecular formula is C17H31NO2. The highest BCUT2D eigenvalue weighted by Crippen LogP contribution is 2.42. The van der Waals surface area contributed by atoms with E-state index in [-0.39, 0.29) is 12.0 Å². The maximum atomic E-state index is 11.6. The van der Waals surface area contributed by atoms with E-state index in [1.165, 1.54) is 12.8 Å². The molecule has 3 heteroatoms. The number of hydrogen-bond acceptors (Lipinski definition) is 2. The monoisotopic (exact) mass is 281 g/mol. The smallest absolute Gasteiger partial charge is 0.308 e. The minimum absolute atomic E-state index is 0.149. The van der Waals surface area contributed by atoms with Crippen LogP contribution in [0.25, 0.3) is 0 Å². The Balaban J connectivity index is 2.09. The molecule has 0 aromatic rings. The van der Waals surface area contributed by atoms with Crippen molar-refractivity contribution < 1.29 is 9.90 Å². The maximum absolute atomic E-state index is 11.6. The van der Waals surface area contributed by atoms with E-state index >= 15 is 0 Å². The van der Waals surface area contributed by atoms with Crippen molar-refractivity contribution in [3.63, 3.8) is 0 Å². The third-order valence-corrected chi connectivity index (χ3v) is 5.72. The van der Waals surface area contributed by atoms with E-state index in [2.05, 4.69) is 32.6 Å². The molecule has 3 nitrogen and oxygen atoms in total. The van der Waals surface area contributed by atoms with Crippen molar-refractivity contribution in [1.82, 2.24) is 4.90 Å². The number of nitrogens with zero attached hydrogens (tertiary/aromatic N) is 1. The van der Waals surface area contributed by atoms with Gasteiger partial charge in [0.15, 0.2) is 0 Å². The fraction of sp³-hybridized carbons (Fsp3) is 0.941. The van der Waals surface area contributed by atoms with Crippen molar-refractivity contribution in [1.29, 1.82) is 0 Å². The highest BCUT2D eigenvalue weighted by atomic mass is 16.4. The first-order valence-electron chi connectivity index (χ1n) is 8.29. The van der Waals surface area contributed by atoms with Gasteiger partial charge < -0.3 is 5.11 Å². The van der Waals surface area contributed by atoms with Crippen LogP contribution < -0.4 is 0 Å². The Morgan fingerprint density at radius 1 is 1.25 bits per heavy atom. The van der Waals surface area contributed by atoms with Gasteiger partial charge in [-0.05, 0) is 49.5 Å². The summed E-state index contributed by atoms with van der Waals surface area (Å²) in [6.45, 7) is 11.4. The van der Waals surface area contributed by atoms with Gasteiger partial charge in [-0.25, -0.2) is 0 Å². The maximum Gasteiger partial charge on any atom is 0.308 e. The van der Waals surface area contributed by atoms with Crippen molar-refractivity contribution in [2.75, 3.05) is 13.1 Å². The van der Waals surface area contributed by atoms with E-state index in [0.29, 0.717) is 11.3 Å². The van der Waals surface area contributed by atoms with Crippen LogP contribution in [-0.2, 0) is 4.79 Å². The van der Waals surface area contributed by atoms with Gasteiger partial charge in [0.05, 0.1) is 5.92 Å². The Morgan fingerprint density at radius 3 is 2.45 bits per heavy atom. The molecule has 0 amide bonds. The molecule has 0 spiro atoms. The molecule has 2 fully saturated rings. The second-order valence-electron chi connectivity index (χ2n) is 7.95. The molecule has 1 N–H and O–H groups in total. The Morgan fingerprint density at radius 2 is 1.95 bits per heavy atom. The molecule has 0 aromatic carbocycles. The van der Waals surface area contributed by atoms with Crippen molar-refractivity contribution in [2.45, 2.75) is 65.8 Å². The molecule has 1 saturated carbocycles. The molecule has 2 aliphatic rings. The quantitative estimate of drug-likeness (QED) is 0.858. The fourth-order valence-corrected chi connectivity index (χ4v) is 4.12. The Hall–Kier alpha value is -0.570. The number of carbonyl (C=O) groups is 1. The van der Waals surface area contributed by atoms with E-state index in [9.17, 15) is 9.90 Å². The van der Waals surface area contributed by atoms with Gasteiger partial charge in [-0.15, -0.1) is 0 Å². The molecule has 20 heavy (non-hydrogen) atoms. The summed E-state index contributed by atoms with van der Waals surface area (Å²) >= 11 is 0. The van der Waals surface area contributed by atoms with Crippen molar-refractivity contribution >= 4 is 5.97 Å². The zero-order valence-electron chi connectivity index (χ0n) is 13.6. The van der Waals surface area contributed by atoms with Gasteiger partial charge >= 0.3 is 5.97 Å². The molecule has 0 aromatic heterocycles. The summed E-state index contributed by atoms with van der Waals surface area (Å²) in [4.78, 5) is 14.1. The Labute approximate surface area is 123 Å². The lowest BCUT2D eigenvalue weighted by Gasteiger charge is -2.44. The number of carboxylic acids is 1. The molecule has 4 unspecified atom stereocenters. The SMILES string of the molecule is CCC1CCN(C2CC(C(C)(C)C)CCC2C(=O)O)C1. The zero-order valence-corrected chi connectivity index (χ0v) is 13.6. The molecule has 1 aliphatic heterocycles. The largest absolute Gasteiger partial charge is 0.481 e. The number of hydrogen-bond donors (Lipinski definition) is 1. The number of aliphatic carboxylic acids is 1. The predicted octanol–water partition coefficient (Wildman–Crippen LogP) is 3.63. The minimum atomic E-state index is -0.581. The number of carboxylic acid groups (broad SMARTS) is 1. The molecule has 1 heterocycles. The standard InChI is InChI=1S/C17H31NO2/c1-5-12-8-9-18(11-12)15-10-13(17(2,3)4)6-7-14(15)16(19)20/h12-15H,5-11H2,1-4H3,(H,19,20). The number of rotatable bonds is 3. The molecule has 4 atom stereocenters. The summed E-state index contributed by atoms with van der Waals surface area (Å²) in [7, 11) is 0. The van der Waals surface area contributed by atoms with Crippen LogP contribution in [0.3, 0.4) is 0 Å². The molecule has 0 radical (unpaired) electrons. The van der Waals surface area contributed by atoms with Gasteiger partial charge in [-0.1, -0.05) is 34.1 Å². The summed E-state index contributed by atoms with van der Waals surface area (Å²) in [5.41, 5.74) is 0.297.